The number of fused-ring (bicyclic) bond motifs is 1. The van der Waals surface area contributed by atoms with Gasteiger partial charge >= 0.3 is 0 Å². The summed E-state index contributed by atoms with van der Waals surface area (Å²) in [6.07, 6.45) is 3.14. The molecule has 0 unspecified atom stereocenters. The fourth-order valence-corrected chi connectivity index (χ4v) is 3.88. The molecule has 1 aromatic carbocycles. The van der Waals surface area contributed by atoms with Gasteiger partial charge in [0.2, 0.25) is 0 Å². The molecule has 1 aliphatic heterocycles. The smallest absolute Gasteiger partial charge is 0.289 e. The number of nitrogens with zero attached hydrogens (tertiary/aromatic N) is 5. The Hall–Kier alpha value is -3.75. The lowest BCUT2D eigenvalue weighted by molar-refractivity contribution is 0.0672. The number of H-pyrrole nitrogens is 1. The van der Waals surface area contributed by atoms with Gasteiger partial charge in [-0.1, -0.05) is 35.5 Å². The molecular formula is C21H20N6O3. The minimum atomic E-state index is -0.316. The highest BCUT2D eigenvalue weighted by Gasteiger charge is 2.29. The molecule has 1 saturated heterocycles. The van der Waals surface area contributed by atoms with E-state index in [4.69, 9.17) is 9.40 Å². The second-order valence-corrected chi connectivity index (χ2v) is 7.42. The molecule has 0 aliphatic carbocycles. The van der Waals surface area contributed by atoms with E-state index in [-0.39, 0.29) is 22.9 Å². The van der Waals surface area contributed by atoms with Gasteiger partial charge in [0.05, 0.1) is 12.8 Å². The van der Waals surface area contributed by atoms with E-state index in [0.29, 0.717) is 36.9 Å². The average molecular weight is 404 g/mol. The van der Waals surface area contributed by atoms with Crippen LogP contribution in [0.2, 0.25) is 0 Å². The van der Waals surface area contributed by atoms with Crippen LogP contribution in [0.4, 0.5) is 0 Å². The van der Waals surface area contributed by atoms with E-state index in [2.05, 4.69) is 15.3 Å². The summed E-state index contributed by atoms with van der Waals surface area (Å²) in [5, 5.41) is 8.13. The van der Waals surface area contributed by atoms with Crippen molar-refractivity contribution in [3.05, 3.63) is 76.2 Å². The second kappa shape index (κ2) is 7.58. The van der Waals surface area contributed by atoms with Crippen molar-refractivity contribution in [3.63, 3.8) is 0 Å². The van der Waals surface area contributed by atoms with E-state index in [1.807, 2.05) is 30.3 Å². The Morgan fingerprint density at radius 1 is 1.20 bits per heavy atom. The molecule has 1 fully saturated rings. The number of piperidine rings is 1. The van der Waals surface area contributed by atoms with E-state index >= 15 is 0 Å². The molecule has 5 rings (SSSR count). The van der Waals surface area contributed by atoms with E-state index in [9.17, 15) is 9.59 Å². The fourth-order valence-electron chi connectivity index (χ4n) is 3.88. The quantitative estimate of drug-likeness (QED) is 0.558. The molecule has 4 aromatic rings. The van der Waals surface area contributed by atoms with Gasteiger partial charge in [-0.3, -0.25) is 9.59 Å². The van der Waals surface area contributed by atoms with Gasteiger partial charge in [-0.2, -0.15) is 0 Å². The first kappa shape index (κ1) is 18.3. The van der Waals surface area contributed by atoms with Crippen molar-refractivity contribution in [2.24, 2.45) is 0 Å². The first-order valence-corrected chi connectivity index (χ1v) is 9.89. The fraction of sp³-hybridized carbons (Fsp3) is 0.286. The van der Waals surface area contributed by atoms with Gasteiger partial charge in [0, 0.05) is 19.0 Å². The van der Waals surface area contributed by atoms with Gasteiger partial charge in [-0.15, -0.1) is 5.10 Å². The molecule has 30 heavy (non-hydrogen) atoms. The Morgan fingerprint density at radius 3 is 2.87 bits per heavy atom. The number of furan rings is 1. The molecule has 0 spiro atoms. The highest BCUT2D eigenvalue weighted by Crippen LogP contribution is 2.26. The lowest BCUT2D eigenvalue weighted by Gasteiger charge is -2.31. The molecule has 1 aliphatic rings. The van der Waals surface area contributed by atoms with Crippen LogP contribution in [0.5, 0.6) is 0 Å². The Balaban J connectivity index is 1.44. The Labute approximate surface area is 171 Å². The highest BCUT2D eigenvalue weighted by molar-refractivity contribution is 5.91. The molecule has 1 N–H and O–H groups in total. The molecule has 0 radical (unpaired) electrons. The van der Waals surface area contributed by atoms with Crippen LogP contribution in [0, 0.1) is 0 Å². The largest absolute Gasteiger partial charge is 0.459 e. The number of amides is 1. The molecular weight excluding hydrogens is 384 g/mol. The zero-order chi connectivity index (χ0) is 20.5. The summed E-state index contributed by atoms with van der Waals surface area (Å²) in [7, 11) is 0. The summed E-state index contributed by atoms with van der Waals surface area (Å²) in [5.41, 5.74) is 1.39. The van der Waals surface area contributed by atoms with Gasteiger partial charge in [-0.05, 0) is 30.5 Å². The zero-order valence-electron chi connectivity index (χ0n) is 16.2. The topological polar surface area (TPSA) is 110 Å². The van der Waals surface area contributed by atoms with Crippen molar-refractivity contribution in [1.29, 1.82) is 0 Å². The number of carbonyl (C=O) groups excluding carboxylic acids is 1. The van der Waals surface area contributed by atoms with Crippen LogP contribution in [-0.2, 0) is 6.54 Å². The van der Waals surface area contributed by atoms with Crippen LogP contribution in [-0.4, -0.2) is 48.9 Å². The minimum absolute atomic E-state index is 0.0742. The SMILES string of the molecule is O=C(c1ccco1)N1CCC[C@@H](c2nc3c(nnn3Cc3ccccc3)c(=O)[nH]2)C1. The maximum Gasteiger partial charge on any atom is 0.289 e. The monoisotopic (exact) mass is 404 g/mol. The molecule has 1 atom stereocenters. The van der Waals surface area contributed by atoms with Crippen LogP contribution in [0.25, 0.3) is 11.2 Å². The van der Waals surface area contributed by atoms with Crippen molar-refractivity contribution in [2.45, 2.75) is 25.3 Å². The van der Waals surface area contributed by atoms with E-state index in [0.717, 1.165) is 18.4 Å². The molecule has 4 heterocycles. The highest BCUT2D eigenvalue weighted by atomic mass is 16.3. The number of hydrogen-bond donors (Lipinski definition) is 1. The van der Waals surface area contributed by atoms with Crippen molar-refractivity contribution in [3.8, 4) is 0 Å². The number of aromatic nitrogens is 5. The third-order valence-electron chi connectivity index (χ3n) is 5.39. The van der Waals surface area contributed by atoms with Crippen molar-refractivity contribution >= 4 is 17.1 Å². The minimum Gasteiger partial charge on any atom is -0.459 e. The normalized spacial score (nSPS) is 16.8. The number of rotatable bonds is 4. The predicted octanol–water partition coefficient (Wildman–Crippen LogP) is 2.18. The lowest BCUT2D eigenvalue weighted by atomic mass is 9.97. The first-order chi connectivity index (χ1) is 14.7. The lowest BCUT2D eigenvalue weighted by Crippen LogP contribution is -2.39. The molecule has 0 bridgehead atoms. The van der Waals surface area contributed by atoms with Gasteiger partial charge in [0.15, 0.2) is 16.9 Å². The Bertz CT molecular complexity index is 1230. The van der Waals surface area contributed by atoms with Crippen molar-refractivity contribution in [2.75, 3.05) is 13.1 Å². The summed E-state index contributed by atoms with van der Waals surface area (Å²) in [4.78, 5) is 34.5. The van der Waals surface area contributed by atoms with Gasteiger partial charge < -0.3 is 14.3 Å². The summed E-state index contributed by atoms with van der Waals surface area (Å²) < 4.78 is 6.88. The van der Waals surface area contributed by atoms with Crippen LogP contribution in [0.15, 0.2) is 57.9 Å². The summed E-state index contributed by atoms with van der Waals surface area (Å²) in [6.45, 7) is 1.59. The van der Waals surface area contributed by atoms with Crippen LogP contribution < -0.4 is 5.56 Å². The third-order valence-corrected chi connectivity index (χ3v) is 5.39. The van der Waals surface area contributed by atoms with Gasteiger partial charge in [-0.25, -0.2) is 9.67 Å². The number of likely N-dealkylation sites (tertiary alicyclic amines) is 1. The van der Waals surface area contributed by atoms with Crippen molar-refractivity contribution < 1.29 is 9.21 Å². The van der Waals surface area contributed by atoms with Gasteiger partial charge in [0.25, 0.3) is 11.5 Å². The summed E-state index contributed by atoms with van der Waals surface area (Å²) in [6, 6.07) is 13.2. The molecule has 0 saturated carbocycles. The van der Waals surface area contributed by atoms with Crippen LogP contribution >= 0.6 is 0 Å². The van der Waals surface area contributed by atoms with E-state index in [1.54, 1.807) is 21.7 Å². The zero-order valence-corrected chi connectivity index (χ0v) is 16.2. The van der Waals surface area contributed by atoms with Gasteiger partial charge in [0.1, 0.15) is 5.82 Å². The maximum atomic E-state index is 12.6. The van der Waals surface area contributed by atoms with Crippen molar-refractivity contribution in [1.82, 2.24) is 29.9 Å². The number of nitrogens with one attached hydrogen (secondary N) is 1. The third kappa shape index (κ3) is 3.38. The van der Waals surface area contributed by atoms with E-state index in [1.165, 1.54) is 6.26 Å². The molecule has 9 heteroatoms. The standard InChI is InChI=1S/C21H20N6O3/c28-20-17-19(27(25-24-17)12-14-6-2-1-3-7-14)22-18(23-20)15-8-4-10-26(13-15)21(29)16-9-5-11-30-16/h1-3,5-7,9,11,15H,4,8,10,12-13H2,(H,22,23,28)/t15-/m1/s1. The molecule has 9 nitrogen and oxygen atoms in total. The summed E-state index contributed by atoms with van der Waals surface area (Å²) >= 11 is 0. The van der Waals surface area contributed by atoms with Crippen LogP contribution in [0.3, 0.4) is 0 Å². The Kier molecular flexibility index (Phi) is 4.62. The number of aromatic amines is 1. The van der Waals surface area contributed by atoms with Crippen LogP contribution in [0.1, 0.15) is 40.7 Å². The van der Waals surface area contributed by atoms with E-state index < -0.39 is 0 Å². The number of carbonyl (C=O) groups is 1. The first-order valence-electron chi connectivity index (χ1n) is 9.89. The molecule has 1 amide bonds. The molecule has 152 valence electrons. The maximum absolute atomic E-state index is 12.6. The average Bonchev–Trinajstić information content (AvgIpc) is 3.45. The Morgan fingerprint density at radius 2 is 2.07 bits per heavy atom. The second-order valence-electron chi connectivity index (χ2n) is 7.42. The number of hydrogen-bond acceptors (Lipinski definition) is 6. The number of benzene rings is 1. The predicted molar refractivity (Wildman–Crippen MR) is 108 cm³/mol. The summed E-state index contributed by atoms with van der Waals surface area (Å²) in [5.74, 6) is 0.650. The molecule has 3 aromatic heterocycles.